The Hall–Kier alpha value is -3.22. The summed E-state index contributed by atoms with van der Waals surface area (Å²) in [6.45, 7) is 1.80. The van der Waals surface area contributed by atoms with Gasteiger partial charge in [-0.15, -0.1) is 0 Å². The van der Waals surface area contributed by atoms with Crippen LogP contribution < -0.4 is 5.32 Å². The average Bonchev–Trinajstić information content (AvgIpc) is 2.60. The van der Waals surface area contributed by atoms with Gasteiger partial charge in [-0.25, -0.2) is 0 Å². The van der Waals surface area contributed by atoms with Crippen LogP contribution in [0.1, 0.15) is 21.6 Å². The predicted molar refractivity (Wildman–Crippen MR) is 93.8 cm³/mol. The lowest BCUT2D eigenvalue weighted by atomic mass is 10.1. The number of anilines is 1. The standard InChI is InChI=1S/C19H14F3N3O/c1-12-11-15-16(3-2-4-17(15)25-24-12)23-18(26)14-7-5-13(6-8-14)9-10-19(20,21)22/h2-11H,1H3,(H,23,26)/b10-9+. The molecule has 132 valence electrons. The summed E-state index contributed by atoms with van der Waals surface area (Å²) in [6, 6.07) is 13.0. The van der Waals surface area contributed by atoms with Crippen LogP contribution in [0.2, 0.25) is 0 Å². The number of aromatic nitrogens is 2. The van der Waals surface area contributed by atoms with Crippen LogP contribution in [-0.2, 0) is 0 Å². The molecule has 0 spiro atoms. The highest BCUT2D eigenvalue weighted by Crippen LogP contribution is 2.23. The van der Waals surface area contributed by atoms with E-state index in [1.54, 1.807) is 25.1 Å². The van der Waals surface area contributed by atoms with Crippen molar-refractivity contribution in [3.63, 3.8) is 0 Å². The lowest BCUT2D eigenvalue weighted by Gasteiger charge is -2.09. The van der Waals surface area contributed by atoms with Crippen LogP contribution in [0, 0.1) is 6.92 Å². The molecule has 0 saturated heterocycles. The lowest BCUT2D eigenvalue weighted by molar-refractivity contribution is -0.0790. The van der Waals surface area contributed by atoms with E-state index < -0.39 is 6.18 Å². The largest absolute Gasteiger partial charge is 0.409 e. The third-order valence-electron chi connectivity index (χ3n) is 3.64. The molecule has 0 aliphatic carbocycles. The zero-order valence-electron chi connectivity index (χ0n) is 13.7. The second kappa shape index (κ2) is 6.95. The Morgan fingerprint density at radius 1 is 1.08 bits per heavy atom. The molecule has 2 aromatic carbocycles. The van der Waals surface area contributed by atoms with Gasteiger partial charge in [0.15, 0.2) is 0 Å². The average molecular weight is 357 g/mol. The molecule has 1 N–H and O–H groups in total. The van der Waals surface area contributed by atoms with Gasteiger partial charge in [0.25, 0.3) is 5.91 Å². The molecule has 26 heavy (non-hydrogen) atoms. The molecule has 3 rings (SSSR count). The number of rotatable bonds is 3. The number of hydrogen-bond acceptors (Lipinski definition) is 3. The van der Waals surface area contributed by atoms with Gasteiger partial charge in [-0.2, -0.15) is 23.4 Å². The molecule has 4 nitrogen and oxygen atoms in total. The van der Waals surface area contributed by atoms with Crippen LogP contribution in [0.4, 0.5) is 18.9 Å². The zero-order valence-corrected chi connectivity index (χ0v) is 13.7. The second-order valence-corrected chi connectivity index (χ2v) is 5.68. The normalized spacial score (nSPS) is 11.8. The van der Waals surface area contributed by atoms with Crippen LogP contribution in [0.25, 0.3) is 17.0 Å². The van der Waals surface area contributed by atoms with E-state index in [2.05, 4.69) is 15.5 Å². The van der Waals surface area contributed by atoms with E-state index >= 15 is 0 Å². The second-order valence-electron chi connectivity index (χ2n) is 5.68. The van der Waals surface area contributed by atoms with E-state index in [1.807, 2.05) is 6.07 Å². The number of aryl methyl sites for hydroxylation is 1. The van der Waals surface area contributed by atoms with Gasteiger partial charge in [0.1, 0.15) is 0 Å². The number of allylic oxidation sites excluding steroid dienone is 1. The van der Waals surface area contributed by atoms with Crippen LogP contribution in [0.15, 0.2) is 54.6 Å². The Morgan fingerprint density at radius 3 is 2.50 bits per heavy atom. The molecule has 0 aliphatic heterocycles. The molecule has 7 heteroatoms. The van der Waals surface area contributed by atoms with Gasteiger partial charge in [0.2, 0.25) is 0 Å². The van der Waals surface area contributed by atoms with Crippen molar-refractivity contribution in [2.24, 2.45) is 0 Å². The van der Waals surface area contributed by atoms with Gasteiger partial charge in [0.05, 0.1) is 16.9 Å². The number of halogens is 3. The molecule has 0 fully saturated rings. The highest BCUT2D eigenvalue weighted by Gasteiger charge is 2.21. The molecule has 0 saturated carbocycles. The van der Waals surface area contributed by atoms with Gasteiger partial charge in [0, 0.05) is 17.0 Å². The first-order valence-corrected chi connectivity index (χ1v) is 7.72. The molecule has 0 aliphatic rings. The summed E-state index contributed by atoms with van der Waals surface area (Å²) in [5.74, 6) is -0.363. The summed E-state index contributed by atoms with van der Waals surface area (Å²) in [5, 5.41) is 11.6. The minimum atomic E-state index is -4.37. The summed E-state index contributed by atoms with van der Waals surface area (Å²) < 4.78 is 36.6. The Balaban J connectivity index is 1.81. The third-order valence-corrected chi connectivity index (χ3v) is 3.64. The van der Waals surface area contributed by atoms with E-state index in [9.17, 15) is 18.0 Å². The highest BCUT2D eigenvalue weighted by molar-refractivity contribution is 6.08. The first-order chi connectivity index (χ1) is 12.3. The van der Waals surface area contributed by atoms with Crippen molar-refractivity contribution in [1.29, 1.82) is 0 Å². The van der Waals surface area contributed by atoms with Crippen molar-refractivity contribution in [2.75, 3.05) is 5.32 Å². The monoisotopic (exact) mass is 357 g/mol. The zero-order chi connectivity index (χ0) is 18.7. The molecule has 0 radical (unpaired) electrons. The number of benzene rings is 2. The molecule has 0 unspecified atom stereocenters. The Morgan fingerprint density at radius 2 is 1.81 bits per heavy atom. The summed E-state index contributed by atoms with van der Waals surface area (Å²) in [5.41, 5.74) is 2.66. The minimum Gasteiger partial charge on any atom is -0.321 e. The van der Waals surface area contributed by atoms with E-state index in [4.69, 9.17) is 0 Å². The molecular weight excluding hydrogens is 343 g/mol. The van der Waals surface area contributed by atoms with Gasteiger partial charge in [-0.3, -0.25) is 4.79 Å². The smallest absolute Gasteiger partial charge is 0.321 e. The molecule has 3 aromatic rings. The number of amides is 1. The van der Waals surface area contributed by atoms with Crippen LogP contribution in [0.5, 0.6) is 0 Å². The molecule has 1 aromatic heterocycles. The fourth-order valence-corrected chi connectivity index (χ4v) is 2.40. The number of carbonyl (C=O) groups is 1. The van der Waals surface area contributed by atoms with Gasteiger partial charge in [-0.05, 0) is 42.8 Å². The fraction of sp³-hybridized carbons (Fsp3) is 0.105. The van der Waals surface area contributed by atoms with E-state index in [-0.39, 0.29) is 12.0 Å². The number of hydrogen-bond donors (Lipinski definition) is 1. The summed E-state index contributed by atoms with van der Waals surface area (Å²) in [6.07, 6.45) is -3.26. The fourth-order valence-electron chi connectivity index (χ4n) is 2.40. The summed E-state index contributed by atoms with van der Waals surface area (Å²) in [4.78, 5) is 12.4. The van der Waals surface area contributed by atoms with Crippen molar-refractivity contribution < 1.29 is 18.0 Å². The number of carbonyl (C=O) groups excluding carboxylic acids is 1. The van der Waals surface area contributed by atoms with Gasteiger partial charge in [-0.1, -0.05) is 24.3 Å². The van der Waals surface area contributed by atoms with Gasteiger partial charge < -0.3 is 5.32 Å². The number of fused-ring (bicyclic) bond motifs is 1. The maximum atomic E-state index is 12.4. The molecule has 1 amide bonds. The number of nitrogens with one attached hydrogen (secondary N) is 1. The summed E-state index contributed by atoms with van der Waals surface area (Å²) >= 11 is 0. The SMILES string of the molecule is Cc1cc2c(NC(=O)c3ccc(/C=C/C(F)(F)F)cc3)cccc2nn1. The van der Waals surface area contributed by atoms with Crippen LogP contribution in [-0.4, -0.2) is 22.3 Å². The maximum Gasteiger partial charge on any atom is 0.409 e. The number of alkyl halides is 3. The molecular formula is C19H14F3N3O. The van der Waals surface area contributed by atoms with E-state index in [1.165, 1.54) is 24.3 Å². The Bertz CT molecular complexity index is 979. The van der Waals surface area contributed by atoms with E-state index in [0.717, 1.165) is 17.2 Å². The molecule has 1 heterocycles. The molecule has 0 bridgehead atoms. The van der Waals surface area contributed by atoms with Crippen molar-refractivity contribution in [1.82, 2.24) is 10.2 Å². The van der Waals surface area contributed by atoms with Crippen molar-refractivity contribution >= 4 is 28.6 Å². The Labute approximate surface area is 147 Å². The number of nitrogens with zero attached hydrogens (tertiary/aromatic N) is 2. The predicted octanol–water partition coefficient (Wildman–Crippen LogP) is 4.77. The van der Waals surface area contributed by atoms with Crippen molar-refractivity contribution in [2.45, 2.75) is 13.1 Å². The maximum absolute atomic E-state index is 12.4. The van der Waals surface area contributed by atoms with Crippen LogP contribution in [0.3, 0.4) is 0 Å². The van der Waals surface area contributed by atoms with Crippen molar-refractivity contribution in [3.05, 3.63) is 71.4 Å². The van der Waals surface area contributed by atoms with E-state index in [0.29, 0.717) is 22.3 Å². The first kappa shape index (κ1) is 17.6. The lowest BCUT2D eigenvalue weighted by Crippen LogP contribution is -2.12. The third kappa shape index (κ3) is 4.24. The van der Waals surface area contributed by atoms with Crippen molar-refractivity contribution in [3.8, 4) is 0 Å². The van der Waals surface area contributed by atoms with Crippen LogP contribution >= 0.6 is 0 Å². The minimum absolute atomic E-state index is 0.154. The van der Waals surface area contributed by atoms with Gasteiger partial charge >= 0.3 is 6.18 Å². The Kier molecular flexibility index (Phi) is 4.71. The summed E-state index contributed by atoms with van der Waals surface area (Å²) in [7, 11) is 0. The molecule has 0 atom stereocenters. The topological polar surface area (TPSA) is 54.9 Å². The quantitative estimate of drug-likeness (QED) is 0.735. The highest BCUT2D eigenvalue weighted by atomic mass is 19.4. The first-order valence-electron chi connectivity index (χ1n) is 7.72.